The summed E-state index contributed by atoms with van der Waals surface area (Å²) < 4.78 is 5.24. The fourth-order valence-electron chi connectivity index (χ4n) is 1.51. The summed E-state index contributed by atoms with van der Waals surface area (Å²) in [6.45, 7) is 0.749. The van der Waals surface area contributed by atoms with Crippen molar-refractivity contribution in [3.8, 4) is 11.3 Å². The molecule has 2 aromatic rings. The summed E-state index contributed by atoms with van der Waals surface area (Å²) in [5.74, 6) is 0.0271. The van der Waals surface area contributed by atoms with Crippen LogP contribution in [0.1, 0.15) is 10.5 Å². The first kappa shape index (κ1) is 12.6. The Kier molecular flexibility index (Phi) is 3.96. The summed E-state index contributed by atoms with van der Waals surface area (Å²) >= 11 is 6.06. The molecule has 0 aliphatic heterocycles. The van der Waals surface area contributed by atoms with E-state index in [9.17, 15) is 4.79 Å². The minimum Gasteiger partial charge on any atom is -0.443 e. The molecule has 0 unspecified atom stereocenters. The van der Waals surface area contributed by atoms with E-state index in [2.05, 4.69) is 10.3 Å². The number of carbonyl (C=O) groups excluding carboxylic acids is 1. The van der Waals surface area contributed by atoms with Crippen LogP contribution in [0.15, 0.2) is 35.1 Å². The molecule has 0 aliphatic rings. The second kappa shape index (κ2) is 5.66. The van der Waals surface area contributed by atoms with Gasteiger partial charge in [-0.15, -0.1) is 0 Å². The lowest BCUT2D eigenvalue weighted by Gasteiger charge is -2.04. The highest BCUT2D eigenvalue weighted by molar-refractivity contribution is 6.33. The SMILES string of the molecule is NCCNC(=O)c1ncoc1-c1ccccc1Cl. The molecule has 0 saturated heterocycles. The molecule has 0 saturated carbocycles. The van der Waals surface area contributed by atoms with E-state index in [4.69, 9.17) is 21.8 Å². The summed E-state index contributed by atoms with van der Waals surface area (Å²) in [7, 11) is 0. The van der Waals surface area contributed by atoms with Gasteiger partial charge >= 0.3 is 0 Å². The maximum atomic E-state index is 11.8. The number of hydrogen-bond acceptors (Lipinski definition) is 4. The second-order valence-electron chi connectivity index (χ2n) is 3.55. The van der Waals surface area contributed by atoms with E-state index < -0.39 is 0 Å². The summed E-state index contributed by atoms with van der Waals surface area (Å²) in [4.78, 5) is 15.7. The number of halogens is 1. The van der Waals surface area contributed by atoms with Gasteiger partial charge in [0.05, 0.1) is 5.02 Å². The molecule has 3 N–H and O–H groups in total. The Morgan fingerprint density at radius 3 is 2.94 bits per heavy atom. The molecular weight excluding hydrogens is 254 g/mol. The smallest absolute Gasteiger partial charge is 0.273 e. The maximum absolute atomic E-state index is 11.8. The molecule has 18 heavy (non-hydrogen) atoms. The zero-order chi connectivity index (χ0) is 13.0. The molecule has 0 bridgehead atoms. The van der Waals surface area contributed by atoms with E-state index >= 15 is 0 Å². The number of amides is 1. The summed E-state index contributed by atoms with van der Waals surface area (Å²) in [5.41, 5.74) is 6.16. The molecule has 2 rings (SSSR count). The van der Waals surface area contributed by atoms with E-state index in [1.165, 1.54) is 6.39 Å². The highest BCUT2D eigenvalue weighted by Gasteiger charge is 2.19. The lowest BCUT2D eigenvalue weighted by Crippen LogP contribution is -2.29. The van der Waals surface area contributed by atoms with Gasteiger partial charge in [-0.25, -0.2) is 4.98 Å². The van der Waals surface area contributed by atoms with Gasteiger partial charge in [0.1, 0.15) is 0 Å². The predicted octanol–water partition coefficient (Wildman–Crippen LogP) is 1.68. The fraction of sp³-hybridized carbons (Fsp3) is 0.167. The largest absolute Gasteiger partial charge is 0.443 e. The first-order valence-electron chi connectivity index (χ1n) is 5.40. The van der Waals surface area contributed by atoms with Crippen LogP contribution in [0, 0.1) is 0 Å². The number of aromatic nitrogens is 1. The normalized spacial score (nSPS) is 10.3. The van der Waals surface area contributed by atoms with Gasteiger partial charge in [0.15, 0.2) is 17.8 Å². The van der Waals surface area contributed by atoms with Crippen molar-refractivity contribution >= 4 is 17.5 Å². The Balaban J connectivity index is 2.34. The molecule has 1 heterocycles. The topological polar surface area (TPSA) is 81.1 Å². The fourth-order valence-corrected chi connectivity index (χ4v) is 1.74. The Hall–Kier alpha value is -1.85. The van der Waals surface area contributed by atoms with Crippen molar-refractivity contribution in [2.75, 3.05) is 13.1 Å². The minimum atomic E-state index is -0.330. The average Bonchev–Trinajstić information content (AvgIpc) is 2.85. The first-order valence-corrected chi connectivity index (χ1v) is 5.78. The van der Waals surface area contributed by atoms with Crippen LogP contribution in [0.25, 0.3) is 11.3 Å². The Bertz CT molecular complexity index is 554. The van der Waals surface area contributed by atoms with E-state index in [1.54, 1.807) is 18.2 Å². The first-order chi connectivity index (χ1) is 8.74. The van der Waals surface area contributed by atoms with Crippen molar-refractivity contribution in [3.05, 3.63) is 41.4 Å². The highest BCUT2D eigenvalue weighted by Crippen LogP contribution is 2.29. The number of hydrogen-bond donors (Lipinski definition) is 2. The molecule has 0 spiro atoms. The van der Waals surface area contributed by atoms with Crippen molar-refractivity contribution in [1.82, 2.24) is 10.3 Å². The number of carbonyl (C=O) groups is 1. The summed E-state index contributed by atoms with van der Waals surface area (Å²) in [6.07, 6.45) is 1.22. The Morgan fingerprint density at radius 2 is 2.22 bits per heavy atom. The van der Waals surface area contributed by atoms with Crippen LogP contribution in [0.3, 0.4) is 0 Å². The number of benzene rings is 1. The van der Waals surface area contributed by atoms with Gasteiger partial charge in [0.2, 0.25) is 0 Å². The molecule has 6 heteroatoms. The molecule has 94 valence electrons. The average molecular weight is 266 g/mol. The maximum Gasteiger partial charge on any atom is 0.273 e. The Labute approximate surface area is 109 Å². The van der Waals surface area contributed by atoms with Crippen LogP contribution < -0.4 is 11.1 Å². The summed E-state index contributed by atoms with van der Waals surface area (Å²) in [5, 5.41) is 3.14. The van der Waals surface area contributed by atoms with Crippen LogP contribution in [0.2, 0.25) is 5.02 Å². The van der Waals surface area contributed by atoms with E-state index in [0.29, 0.717) is 29.4 Å². The zero-order valence-corrected chi connectivity index (χ0v) is 10.3. The monoisotopic (exact) mass is 265 g/mol. The van der Waals surface area contributed by atoms with Crippen LogP contribution in [-0.2, 0) is 0 Å². The predicted molar refractivity (Wildman–Crippen MR) is 68.3 cm³/mol. The van der Waals surface area contributed by atoms with Crippen LogP contribution in [0.4, 0.5) is 0 Å². The van der Waals surface area contributed by atoms with Crippen molar-refractivity contribution in [3.63, 3.8) is 0 Å². The summed E-state index contributed by atoms with van der Waals surface area (Å²) in [6, 6.07) is 7.10. The third-order valence-electron chi connectivity index (χ3n) is 2.33. The quantitative estimate of drug-likeness (QED) is 0.881. The molecule has 1 amide bonds. The third-order valence-corrected chi connectivity index (χ3v) is 2.66. The number of nitrogens with zero attached hydrogens (tertiary/aromatic N) is 1. The van der Waals surface area contributed by atoms with Gasteiger partial charge < -0.3 is 15.5 Å². The van der Waals surface area contributed by atoms with Gasteiger partial charge in [-0.1, -0.05) is 23.7 Å². The van der Waals surface area contributed by atoms with Crippen LogP contribution >= 0.6 is 11.6 Å². The van der Waals surface area contributed by atoms with Gasteiger partial charge in [-0.2, -0.15) is 0 Å². The van der Waals surface area contributed by atoms with Gasteiger partial charge in [0, 0.05) is 18.7 Å². The molecule has 0 fully saturated rings. The third kappa shape index (κ3) is 2.52. The van der Waals surface area contributed by atoms with Gasteiger partial charge in [-0.05, 0) is 12.1 Å². The molecular formula is C12H12ClN3O2. The zero-order valence-electron chi connectivity index (χ0n) is 9.52. The number of nitrogens with two attached hydrogens (primary N) is 1. The molecule has 1 aromatic heterocycles. The highest BCUT2D eigenvalue weighted by atomic mass is 35.5. The van der Waals surface area contributed by atoms with Crippen molar-refractivity contribution in [1.29, 1.82) is 0 Å². The van der Waals surface area contributed by atoms with Crippen LogP contribution in [-0.4, -0.2) is 24.0 Å². The number of rotatable bonds is 4. The van der Waals surface area contributed by atoms with Crippen molar-refractivity contribution in [2.45, 2.75) is 0 Å². The van der Waals surface area contributed by atoms with Crippen molar-refractivity contribution < 1.29 is 9.21 Å². The van der Waals surface area contributed by atoms with Gasteiger partial charge in [-0.3, -0.25) is 4.79 Å². The lowest BCUT2D eigenvalue weighted by atomic mass is 10.1. The molecule has 0 atom stereocenters. The molecule has 0 aliphatic carbocycles. The van der Waals surface area contributed by atoms with Gasteiger partial charge in [0.25, 0.3) is 5.91 Å². The molecule has 1 aromatic carbocycles. The standard InChI is InChI=1S/C12H12ClN3O2/c13-9-4-2-1-3-8(9)11-10(16-7-18-11)12(17)15-6-5-14/h1-4,7H,5-6,14H2,(H,15,17). The minimum absolute atomic E-state index is 0.205. The van der Waals surface area contributed by atoms with Crippen molar-refractivity contribution in [2.24, 2.45) is 5.73 Å². The second-order valence-corrected chi connectivity index (χ2v) is 3.96. The van der Waals surface area contributed by atoms with E-state index in [-0.39, 0.29) is 11.6 Å². The number of nitrogens with one attached hydrogen (secondary N) is 1. The molecule has 5 nitrogen and oxygen atoms in total. The van der Waals surface area contributed by atoms with E-state index in [0.717, 1.165) is 0 Å². The molecule has 0 radical (unpaired) electrons. The number of oxazole rings is 1. The lowest BCUT2D eigenvalue weighted by molar-refractivity contribution is 0.0950. The van der Waals surface area contributed by atoms with E-state index in [1.807, 2.05) is 6.07 Å². The van der Waals surface area contributed by atoms with Crippen LogP contribution in [0.5, 0.6) is 0 Å². The Morgan fingerprint density at radius 1 is 1.44 bits per heavy atom.